The predicted molar refractivity (Wildman–Crippen MR) is 86.7 cm³/mol. The first-order chi connectivity index (χ1) is 9.11. The van der Waals surface area contributed by atoms with Gasteiger partial charge < -0.3 is 10.1 Å². The van der Waals surface area contributed by atoms with E-state index < -0.39 is 0 Å². The van der Waals surface area contributed by atoms with E-state index in [1.807, 2.05) is 19.1 Å². The number of hydrogen-bond acceptors (Lipinski definition) is 3. The Kier molecular flexibility index (Phi) is 5.13. The molecule has 5 heteroatoms. The van der Waals surface area contributed by atoms with Gasteiger partial charge in [0, 0.05) is 11.1 Å². The van der Waals surface area contributed by atoms with E-state index >= 15 is 0 Å². The summed E-state index contributed by atoms with van der Waals surface area (Å²) in [4.78, 5) is 0. The van der Waals surface area contributed by atoms with Crippen molar-refractivity contribution in [2.24, 2.45) is 0 Å². The zero-order valence-corrected chi connectivity index (χ0v) is 13.9. The van der Waals surface area contributed by atoms with Gasteiger partial charge >= 0.3 is 0 Å². The molecule has 0 radical (unpaired) electrons. The van der Waals surface area contributed by atoms with Crippen molar-refractivity contribution < 1.29 is 4.74 Å². The summed E-state index contributed by atoms with van der Waals surface area (Å²) in [5.41, 5.74) is 2.16. The minimum absolute atomic E-state index is 0.204. The molecule has 1 aromatic carbocycles. The molecule has 0 fully saturated rings. The normalized spacial score (nSPS) is 12.2. The predicted octanol–water partition coefficient (Wildman–Crippen LogP) is 5.74. The van der Waals surface area contributed by atoms with Crippen LogP contribution in [0.25, 0.3) is 0 Å². The molecule has 1 aromatic heterocycles. The van der Waals surface area contributed by atoms with Crippen molar-refractivity contribution in [1.29, 1.82) is 0 Å². The Labute approximate surface area is 130 Å². The third-order valence-corrected chi connectivity index (χ3v) is 4.22. The Balaban J connectivity index is 2.28. The molecule has 2 aromatic rings. The Morgan fingerprint density at radius 2 is 2.26 bits per heavy atom. The maximum atomic E-state index is 6.11. The molecule has 2 rings (SSSR count). The minimum Gasteiger partial charge on any atom is -0.491 e. The number of benzene rings is 1. The number of rotatable bonds is 5. The van der Waals surface area contributed by atoms with Gasteiger partial charge in [0.15, 0.2) is 5.75 Å². The zero-order valence-electron chi connectivity index (χ0n) is 10.7. The van der Waals surface area contributed by atoms with Crippen LogP contribution in [-0.4, -0.2) is 6.61 Å². The van der Waals surface area contributed by atoms with Crippen molar-refractivity contribution >= 4 is 44.6 Å². The van der Waals surface area contributed by atoms with E-state index in [9.17, 15) is 0 Å². The van der Waals surface area contributed by atoms with Crippen molar-refractivity contribution in [2.75, 3.05) is 11.9 Å². The number of anilines is 1. The van der Waals surface area contributed by atoms with E-state index in [1.54, 1.807) is 11.3 Å². The van der Waals surface area contributed by atoms with Crippen molar-refractivity contribution in [2.45, 2.75) is 19.9 Å². The Morgan fingerprint density at radius 3 is 2.89 bits per heavy atom. The molecule has 1 heterocycles. The first-order valence-corrected chi connectivity index (χ1v) is 8.13. The lowest BCUT2D eigenvalue weighted by molar-refractivity contribution is 0.339. The Hall–Kier alpha value is -0.710. The molecule has 0 spiro atoms. The van der Waals surface area contributed by atoms with E-state index in [-0.39, 0.29) is 6.04 Å². The molecule has 2 nitrogen and oxygen atoms in total. The number of halogens is 2. The molecular formula is C14H15BrClNOS. The van der Waals surface area contributed by atoms with Gasteiger partial charge in [-0.05, 0) is 64.3 Å². The molecule has 102 valence electrons. The smallest absolute Gasteiger partial charge is 0.156 e. The van der Waals surface area contributed by atoms with E-state index in [1.165, 1.54) is 5.56 Å². The summed E-state index contributed by atoms with van der Waals surface area (Å²) in [5, 5.41) is 8.33. The lowest BCUT2D eigenvalue weighted by atomic mass is 10.1. The van der Waals surface area contributed by atoms with Gasteiger partial charge in [-0.25, -0.2) is 0 Å². The van der Waals surface area contributed by atoms with Crippen LogP contribution in [0.5, 0.6) is 5.75 Å². The average molecular weight is 361 g/mol. The van der Waals surface area contributed by atoms with Crippen LogP contribution in [0.2, 0.25) is 5.02 Å². The molecule has 0 aliphatic heterocycles. The Bertz CT molecular complexity index is 545. The van der Waals surface area contributed by atoms with Gasteiger partial charge in [-0.3, -0.25) is 0 Å². The summed E-state index contributed by atoms with van der Waals surface area (Å²) in [6, 6.07) is 6.05. The van der Waals surface area contributed by atoms with Crippen LogP contribution >= 0.6 is 38.9 Å². The quantitative estimate of drug-likeness (QED) is 0.734. The first kappa shape index (κ1) is 14.7. The summed E-state index contributed by atoms with van der Waals surface area (Å²) in [7, 11) is 0. The molecular weight excluding hydrogens is 346 g/mol. The SMILES string of the molecule is CCOc1c(Br)cc(Cl)cc1NC(C)c1ccsc1. The molecule has 0 bridgehead atoms. The third-order valence-electron chi connectivity index (χ3n) is 2.71. The lowest BCUT2D eigenvalue weighted by Crippen LogP contribution is -2.07. The molecule has 1 N–H and O–H groups in total. The van der Waals surface area contributed by atoms with E-state index in [0.717, 1.165) is 15.9 Å². The number of thiophene rings is 1. The van der Waals surface area contributed by atoms with Gasteiger partial charge in [-0.2, -0.15) is 11.3 Å². The van der Waals surface area contributed by atoms with Crippen LogP contribution in [0.15, 0.2) is 33.4 Å². The van der Waals surface area contributed by atoms with Gasteiger partial charge in [0.1, 0.15) is 0 Å². The second-order valence-corrected chi connectivity index (χ2v) is 6.19. The molecule has 0 aliphatic carbocycles. The van der Waals surface area contributed by atoms with Crippen LogP contribution in [0, 0.1) is 0 Å². The maximum Gasteiger partial charge on any atom is 0.156 e. The first-order valence-electron chi connectivity index (χ1n) is 6.02. The molecule has 0 aliphatic rings. The number of hydrogen-bond donors (Lipinski definition) is 1. The highest BCUT2D eigenvalue weighted by Gasteiger charge is 2.13. The fourth-order valence-corrected chi connectivity index (χ4v) is 3.48. The fourth-order valence-electron chi connectivity index (χ4n) is 1.80. The number of nitrogens with one attached hydrogen (secondary N) is 1. The van der Waals surface area contributed by atoms with Gasteiger partial charge in [0.05, 0.1) is 16.8 Å². The standard InChI is InChI=1S/C14H15BrClNOS/c1-3-18-14-12(15)6-11(16)7-13(14)17-9(2)10-4-5-19-8-10/h4-9,17H,3H2,1-2H3. The molecule has 19 heavy (non-hydrogen) atoms. The second kappa shape index (κ2) is 6.64. The summed E-state index contributed by atoms with van der Waals surface area (Å²) in [5.74, 6) is 0.800. The summed E-state index contributed by atoms with van der Waals surface area (Å²) < 4.78 is 6.54. The van der Waals surface area contributed by atoms with Crippen LogP contribution in [-0.2, 0) is 0 Å². The van der Waals surface area contributed by atoms with E-state index in [2.05, 4.69) is 45.0 Å². The van der Waals surface area contributed by atoms with Crippen molar-refractivity contribution in [3.8, 4) is 5.75 Å². The van der Waals surface area contributed by atoms with Crippen molar-refractivity contribution in [3.63, 3.8) is 0 Å². The average Bonchev–Trinajstić information content (AvgIpc) is 2.87. The molecule has 1 atom stereocenters. The summed E-state index contributed by atoms with van der Waals surface area (Å²) >= 11 is 11.3. The molecule has 1 unspecified atom stereocenters. The second-order valence-electron chi connectivity index (χ2n) is 4.12. The van der Waals surface area contributed by atoms with E-state index in [0.29, 0.717) is 11.6 Å². The summed E-state index contributed by atoms with van der Waals surface area (Å²) in [6.45, 7) is 4.70. The van der Waals surface area contributed by atoms with Crippen LogP contribution in [0.3, 0.4) is 0 Å². The Morgan fingerprint density at radius 1 is 1.47 bits per heavy atom. The van der Waals surface area contributed by atoms with Gasteiger partial charge in [-0.1, -0.05) is 11.6 Å². The third kappa shape index (κ3) is 3.65. The molecule has 0 amide bonds. The van der Waals surface area contributed by atoms with Gasteiger partial charge in [0.25, 0.3) is 0 Å². The highest BCUT2D eigenvalue weighted by molar-refractivity contribution is 9.10. The van der Waals surface area contributed by atoms with Gasteiger partial charge in [0.2, 0.25) is 0 Å². The molecule has 0 saturated heterocycles. The van der Waals surface area contributed by atoms with Gasteiger partial charge in [-0.15, -0.1) is 0 Å². The summed E-state index contributed by atoms with van der Waals surface area (Å²) in [6.07, 6.45) is 0. The highest BCUT2D eigenvalue weighted by atomic mass is 79.9. The monoisotopic (exact) mass is 359 g/mol. The van der Waals surface area contributed by atoms with Crippen LogP contribution < -0.4 is 10.1 Å². The fraction of sp³-hybridized carbons (Fsp3) is 0.286. The topological polar surface area (TPSA) is 21.3 Å². The van der Waals surface area contributed by atoms with E-state index in [4.69, 9.17) is 16.3 Å². The maximum absolute atomic E-state index is 6.11. The van der Waals surface area contributed by atoms with Crippen molar-refractivity contribution in [3.05, 3.63) is 44.0 Å². The lowest BCUT2D eigenvalue weighted by Gasteiger charge is -2.19. The zero-order chi connectivity index (χ0) is 13.8. The highest BCUT2D eigenvalue weighted by Crippen LogP contribution is 2.38. The van der Waals surface area contributed by atoms with Crippen molar-refractivity contribution in [1.82, 2.24) is 0 Å². The number of ether oxygens (including phenoxy) is 1. The minimum atomic E-state index is 0.204. The molecule has 0 saturated carbocycles. The van der Waals surface area contributed by atoms with Crippen LogP contribution in [0.1, 0.15) is 25.5 Å². The van der Waals surface area contributed by atoms with Crippen LogP contribution in [0.4, 0.5) is 5.69 Å². The largest absolute Gasteiger partial charge is 0.491 e.